The summed E-state index contributed by atoms with van der Waals surface area (Å²) >= 11 is 1.89. The van der Waals surface area contributed by atoms with Crippen LogP contribution in [0.2, 0.25) is 0 Å². The minimum absolute atomic E-state index is 0.760. The molecule has 1 saturated heterocycles. The third kappa shape index (κ3) is 4.61. The molecule has 3 aromatic rings. The van der Waals surface area contributed by atoms with Gasteiger partial charge in [0.2, 0.25) is 0 Å². The Hall–Kier alpha value is -2.03. The van der Waals surface area contributed by atoms with Crippen molar-refractivity contribution in [3.63, 3.8) is 0 Å². The molecule has 0 unspecified atom stereocenters. The fourth-order valence-electron chi connectivity index (χ4n) is 4.66. The highest BCUT2D eigenvalue weighted by molar-refractivity contribution is 7.19. The fourth-order valence-corrected chi connectivity index (χ4v) is 6.06. The number of hydrogen-bond acceptors (Lipinski definition) is 7. The van der Waals surface area contributed by atoms with E-state index in [1.807, 2.05) is 17.5 Å². The van der Waals surface area contributed by atoms with Gasteiger partial charge in [0.05, 0.1) is 31.3 Å². The second-order valence-corrected chi connectivity index (χ2v) is 10.0. The Kier molecular flexibility index (Phi) is 6.20. The molecule has 1 aliphatic carbocycles. The average molecular weight is 441 g/mol. The number of thiophene rings is 1. The minimum atomic E-state index is 0.760. The van der Waals surface area contributed by atoms with Crippen LogP contribution in [0.4, 0.5) is 5.82 Å². The molecule has 0 spiro atoms. The number of aryl methyl sites for hydroxylation is 3. The Bertz CT molecular complexity index is 1040. The van der Waals surface area contributed by atoms with Gasteiger partial charge in [-0.25, -0.2) is 9.97 Å². The molecule has 0 saturated carbocycles. The van der Waals surface area contributed by atoms with E-state index in [1.165, 1.54) is 39.9 Å². The maximum atomic E-state index is 5.50. The van der Waals surface area contributed by atoms with Gasteiger partial charge >= 0.3 is 0 Å². The zero-order chi connectivity index (χ0) is 21.2. The van der Waals surface area contributed by atoms with Crippen LogP contribution in [0.1, 0.15) is 47.3 Å². The van der Waals surface area contributed by atoms with Crippen LogP contribution in [0.15, 0.2) is 6.20 Å². The van der Waals surface area contributed by atoms with E-state index in [-0.39, 0.29) is 0 Å². The van der Waals surface area contributed by atoms with Crippen LogP contribution in [0, 0.1) is 12.8 Å². The summed E-state index contributed by atoms with van der Waals surface area (Å²) in [6.45, 7) is 9.63. The molecule has 2 N–H and O–H groups in total. The van der Waals surface area contributed by atoms with Gasteiger partial charge in [-0.3, -0.25) is 10.00 Å². The molecule has 166 valence electrons. The van der Waals surface area contributed by atoms with Gasteiger partial charge in [-0.2, -0.15) is 5.10 Å². The van der Waals surface area contributed by atoms with Gasteiger partial charge in [0.25, 0.3) is 0 Å². The molecular formula is C23H32N6OS. The lowest BCUT2D eigenvalue weighted by atomic mass is 9.89. The largest absolute Gasteiger partial charge is 0.379 e. The molecule has 0 aromatic carbocycles. The molecule has 1 atom stereocenters. The first kappa shape index (κ1) is 20.8. The van der Waals surface area contributed by atoms with Gasteiger partial charge in [-0.1, -0.05) is 6.92 Å². The summed E-state index contributed by atoms with van der Waals surface area (Å²) in [5, 5.41) is 12.1. The molecular weight excluding hydrogens is 408 g/mol. The quantitative estimate of drug-likeness (QED) is 0.545. The molecule has 4 heterocycles. The highest BCUT2D eigenvalue weighted by Crippen LogP contribution is 2.40. The third-order valence-corrected chi connectivity index (χ3v) is 7.67. The van der Waals surface area contributed by atoms with E-state index in [1.54, 1.807) is 0 Å². The smallest absolute Gasteiger partial charge is 0.146 e. The predicted molar refractivity (Wildman–Crippen MR) is 125 cm³/mol. The Morgan fingerprint density at radius 2 is 2.16 bits per heavy atom. The predicted octanol–water partition coefficient (Wildman–Crippen LogP) is 3.72. The maximum Gasteiger partial charge on any atom is 0.146 e. The second-order valence-electron chi connectivity index (χ2n) is 8.96. The molecule has 31 heavy (non-hydrogen) atoms. The van der Waals surface area contributed by atoms with Crippen molar-refractivity contribution in [2.75, 3.05) is 38.2 Å². The van der Waals surface area contributed by atoms with Gasteiger partial charge in [-0.15, -0.1) is 11.3 Å². The number of nitrogens with zero attached hydrogens (tertiary/aromatic N) is 4. The summed E-state index contributed by atoms with van der Waals surface area (Å²) < 4.78 is 5.50. The van der Waals surface area contributed by atoms with Gasteiger partial charge in [0.15, 0.2) is 0 Å². The van der Waals surface area contributed by atoms with E-state index < -0.39 is 0 Å². The van der Waals surface area contributed by atoms with E-state index in [0.29, 0.717) is 0 Å². The zero-order valence-electron chi connectivity index (χ0n) is 18.5. The van der Waals surface area contributed by atoms with E-state index in [0.717, 1.165) is 81.0 Å². The summed E-state index contributed by atoms with van der Waals surface area (Å²) in [6.07, 6.45) is 7.58. The molecule has 5 rings (SSSR count). The molecule has 2 aliphatic rings. The standard InChI is InChI=1S/C23H32N6OS/c1-15-5-6-18-19(12-15)31-23-21(18)22(24-7-3-4-17-13-25-28-16(17)2)26-20(27-23)14-29-8-10-30-11-9-29/h13,15H,3-12,14H2,1-2H3,(H,25,28)(H,24,26,27)/t15-/m1/s1. The van der Waals surface area contributed by atoms with Gasteiger partial charge in [-0.05, 0) is 56.1 Å². The van der Waals surface area contributed by atoms with Crippen molar-refractivity contribution in [1.82, 2.24) is 25.1 Å². The van der Waals surface area contributed by atoms with E-state index in [2.05, 4.69) is 34.3 Å². The number of rotatable bonds is 7. The number of morpholine rings is 1. The van der Waals surface area contributed by atoms with Crippen molar-refractivity contribution in [3.8, 4) is 0 Å². The first-order valence-electron chi connectivity index (χ1n) is 11.5. The molecule has 7 nitrogen and oxygen atoms in total. The number of hydrogen-bond donors (Lipinski definition) is 2. The van der Waals surface area contributed by atoms with Crippen molar-refractivity contribution in [2.24, 2.45) is 5.92 Å². The fraction of sp³-hybridized carbons (Fsp3) is 0.609. The number of fused-ring (bicyclic) bond motifs is 3. The summed E-state index contributed by atoms with van der Waals surface area (Å²) in [5.41, 5.74) is 3.95. The Morgan fingerprint density at radius 1 is 1.29 bits per heavy atom. The monoisotopic (exact) mass is 440 g/mol. The molecule has 0 radical (unpaired) electrons. The molecule has 3 aromatic heterocycles. The van der Waals surface area contributed by atoms with Crippen LogP contribution in [0.3, 0.4) is 0 Å². The van der Waals surface area contributed by atoms with Crippen LogP contribution in [-0.4, -0.2) is 57.9 Å². The van der Waals surface area contributed by atoms with Gasteiger partial charge in [0.1, 0.15) is 16.5 Å². The highest BCUT2D eigenvalue weighted by atomic mass is 32.1. The van der Waals surface area contributed by atoms with Crippen LogP contribution < -0.4 is 5.32 Å². The SMILES string of the molecule is Cc1[nH]ncc1CCCNc1nc(CN2CCOCC2)nc2sc3c(c12)CC[C@@H](C)C3. The Morgan fingerprint density at radius 3 is 2.97 bits per heavy atom. The normalized spacial score (nSPS) is 19.6. The molecule has 0 bridgehead atoms. The van der Waals surface area contributed by atoms with Gasteiger partial charge in [0, 0.05) is 30.2 Å². The van der Waals surface area contributed by atoms with Crippen LogP contribution in [-0.2, 0) is 30.5 Å². The van der Waals surface area contributed by atoms with Gasteiger partial charge < -0.3 is 10.1 Å². The topological polar surface area (TPSA) is 79.0 Å². The van der Waals surface area contributed by atoms with Crippen molar-refractivity contribution in [2.45, 2.75) is 52.5 Å². The number of anilines is 1. The number of H-pyrrole nitrogens is 1. The van der Waals surface area contributed by atoms with Crippen molar-refractivity contribution in [3.05, 3.63) is 33.7 Å². The Balaban J connectivity index is 1.38. The minimum Gasteiger partial charge on any atom is -0.379 e. The molecule has 0 amide bonds. The second kappa shape index (κ2) is 9.22. The lowest BCUT2D eigenvalue weighted by Gasteiger charge is -2.26. The average Bonchev–Trinajstić information content (AvgIpc) is 3.34. The zero-order valence-corrected chi connectivity index (χ0v) is 19.4. The van der Waals surface area contributed by atoms with Crippen LogP contribution in [0.25, 0.3) is 10.2 Å². The van der Waals surface area contributed by atoms with Crippen LogP contribution >= 0.6 is 11.3 Å². The highest BCUT2D eigenvalue weighted by Gasteiger charge is 2.24. The summed E-state index contributed by atoms with van der Waals surface area (Å²) in [7, 11) is 0. The third-order valence-electron chi connectivity index (χ3n) is 6.52. The van der Waals surface area contributed by atoms with E-state index in [9.17, 15) is 0 Å². The molecule has 1 fully saturated rings. The lowest BCUT2D eigenvalue weighted by Crippen LogP contribution is -2.36. The Labute approximate surface area is 187 Å². The number of aromatic amines is 1. The lowest BCUT2D eigenvalue weighted by molar-refractivity contribution is 0.0331. The maximum absolute atomic E-state index is 5.50. The molecule has 8 heteroatoms. The van der Waals surface area contributed by atoms with Crippen LogP contribution in [0.5, 0.6) is 0 Å². The van der Waals surface area contributed by atoms with Crippen molar-refractivity contribution < 1.29 is 4.74 Å². The summed E-state index contributed by atoms with van der Waals surface area (Å²) in [4.78, 5) is 15.1. The van der Waals surface area contributed by atoms with E-state index >= 15 is 0 Å². The first-order valence-corrected chi connectivity index (χ1v) is 12.3. The summed E-state index contributed by atoms with van der Waals surface area (Å²) in [5.74, 6) is 2.72. The number of aromatic nitrogens is 4. The number of ether oxygens (including phenoxy) is 1. The molecule has 1 aliphatic heterocycles. The number of nitrogens with one attached hydrogen (secondary N) is 2. The van der Waals surface area contributed by atoms with Crippen molar-refractivity contribution >= 4 is 27.4 Å². The van der Waals surface area contributed by atoms with E-state index in [4.69, 9.17) is 14.7 Å². The van der Waals surface area contributed by atoms with Crippen molar-refractivity contribution in [1.29, 1.82) is 0 Å². The first-order chi connectivity index (χ1) is 15.2. The summed E-state index contributed by atoms with van der Waals surface area (Å²) in [6, 6.07) is 0.